The molecular formula is C27H44N6O6S. The van der Waals surface area contributed by atoms with Crippen LogP contribution in [0.3, 0.4) is 0 Å². The quantitative estimate of drug-likeness (QED) is 0.154. The first kappa shape index (κ1) is 31.9. The Morgan fingerprint density at radius 1 is 1.00 bits per heavy atom. The number of carbonyl (C=O) groups is 2. The highest BCUT2D eigenvalue weighted by atomic mass is 32.2. The number of nitro benzene ring substituents is 1. The second-order valence-electron chi connectivity index (χ2n) is 11.0. The third-order valence-electron chi connectivity index (χ3n) is 7.86. The van der Waals surface area contributed by atoms with E-state index in [1.165, 1.54) is 18.2 Å². The maximum absolute atomic E-state index is 13.1. The van der Waals surface area contributed by atoms with Crippen molar-refractivity contribution in [3.05, 3.63) is 34.4 Å². The summed E-state index contributed by atoms with van der Waals surface area (Å²) in [6, 6.07) is 4.08. The molecule has 2 aliphatic rings. The molecule has 0 aromatic heterocycles. The van der Waals surface area contributed by atoms with Gasteiger partial charge in [0.2, 0.25) is 21.8 Å². The Bertz CT molecular complexity index is 1070. The van der Waals surface area contributed by atoms with Gasteiger partial charge in [0, 0.05) is 30.6 Å². The van der Waals surface area contributed by atoms with Crippen molar-refractivity contribution in [2.24, 2.45) is 17.8 Å². The predicted molar refractivity (Wildman–Crippen MR) is 152 cm³/mol. The Morgan fingerprint density at radius 2 is 1.57 bits per heavy atom. The molecule has 0 aliphatic carbocycles. The first-order valence-corrected chi connectivity index (χ1v) is 15.8. The summed E-state index contributed by atoms with van der Waals surface area (Å²) in [5, 5.41) is 23.2. The van der Waals surface area contributed by atoms with Crippen LogP contribution in [0.4, 0.5) is 5.69 Å². The first-order chi connectivity index (χ1) is 19.1. The lowest BCUT2D eigenvalue weighted by Gasteiger charge is -2.27. The first-order valence-electron chi connectivity index (χ1n) is 14.4. The van der Waals surface area contributed by atoms with E-state index in [0.29, 0.717) is 11.8 Å². The lowest BCUT2D eigenvalue weighted by molar-refractivity contribution is -0.385. The van der Waals surface area contributed by atoms with Gasteiger partial charge in [-0.05, 0) is 102 Å². The second-order valence-corrected chi connectivity index (χ2v) is 12.8. The van der Waals surface area contributed by atoms with Crippen LogP contribution in [0.2, 0.25) is 0 Å². The topological polar surface area (TPSA) is 172 Å². The van der Waals surface area contributed by atoms with E-state index in [4.69, 9.17) is 0 Å². The monoisotopic (exact) mass is 580 g/mol. The molecule has 2 saturated heterocycles. The Hall–Kier alpha value is -2.61. The van der Waals surface area contributed by atoms with Gasteiger partial charge in [0.05, 0.1) is 16.4 Å². The molecule has 0 bridgehead atoms. The number of nitrogens with one attached hydrogen (secondary N) is 5. The normalized spacial score (nSPS) is 17.9. The van der Waals surface area contributed by atoms with Crippen LogP contribution in [0.25, 0.3) is 0 Å². The average molecular weight is 581 g/mol. The molecule has 13 heteroatoms. The summed E-state index contributed by atoms with van der Waals surface area (Å²) in [5.41, 5.74) is -0.329. The van der Waals surface area contributed by atoms with Crippen LogP contribution in [-0.4, -0.2) is 70.5 Å². The molecule has 1 aromatic rings. The molecule has 1 aromatic carbocycles. The largest absolute Gasteiger partial charge is 0.353 e. The number of nitrogens with zero attached hydrogens (tertiary/aromatic N) is 1. The minimum Gasteiger partial charge on any atom is -0.353 e. The molecule has 2 fully saturated rings. The third kappa shape index (κ3) is 10.8. The smallest absolute Gasteiger partial charge is 0.270 e. The molecule has 2 amide bonds. The van der Waals surface area contributed by atoms with E-state index in [2.05, 4.69) is 26.0 Å². The van der Waals surface area contributed by atoms with Crippen molar-refractivity contribution < 1.29 is 22.9 Å². The fraction of sp³-hybridized carbons (Fsp3) is 0.704. The van der Waals surface area contributed by atoms with Gasteiger partial charge in [0.25, 0.3) is 5.69 Å². The van der Waals surface area contributed by atoms with E-state index in [0.717, 1.165) is 83.6 Å². The minimum absolute atomic E-state index is 0.00226. The molecule has 0 radical (unpaired) electrons. The van der Waals surface area contributed by atoms with Gasteiger partial charge in [0.1, 0.15) is 0 Å². The number of rotatable bonds is 15. The lowest BCUT2D eigenvalue weighted by Crippen LogP contribution is -2.45. The Labute approximate surface area is 237 Å². The van der Waals surface area contributed by atoms with E-state index < -0.39 is 26.9 Å². The van der Waals surface area contributed by atoms with Crippen LogP contribution in [0.15, 0.2) is 29.2 Å². The zero-order valence-corrected chi connectivity index (χ0v) is 24.1. The van der Waals surface area contributed by atoms with Gasteiger partial charge in [-0.2, -0.15) is 0 Å². The molecule has 2 aliphatic heterocycles. The molecule has 2 heterocycles. The van der Waals surface area contributed by atoms with E-state index in [9.17, 15) is 28.1 Å². The molecule has 3 rings (SSSR count). The van der Waals surface area contributed by atoms with Crippen molar-refractivity contribution in [3.63, 3.8) is 0 Å². The van der Waals surface area contributed by atoms with Crippen molar-refractivity contribution >= 4 is 27.5 Å². The Morgan fingerprint density at radius 3 is 2.12 bits per heavy atom. The Kier molecular flexibility index (Phi) is 12.8. The predicted octanol–water partition coefficient (Wildman–Crippen LogP) is 1.67. The number of non-ortho nitro benzene ring substituents is 1. The number of sulfonamides is 1. The zero-order chi connectivity index (χ0) is 29.0. The second kappa shape index (κ2) is 16.0. The van der Waals surface area contributed by atoms with Crippen molar-refractivity contribution in [2.45, 2.75) is 69.2 Å². The standard InChI is InChI=1S/C27H44N6O6S/c1-20(32-40(38,39)25-4-2-3-24(17-25)33(36)37)18-30-26(34)19-31-27(35)23(7-5-21-9-13-28-14-10-21)8-6-22-11-15-29-16-12-22/h2-4,17,20-23,28-29,32H,5-16,18-19H2,1H3,(H,30,34)(H,31,35). The molecule has 5 N–H and O–H groups in total. The van der Waals surface area contributed by atoms with Gasteiger partial charge < -0.3 is 21.3 Å². The van der Waals surface area contributed by atoms with Gasteiger partial charge >= 0.3 is 0 Å². The van der Waals surface area contributed by atoms with Crippen molar-refractivity contribution in [2.75, 3.05) is 39.3 Å². The van der Waals surface area contributed by atoms with Crippen LogP contribution in [0.1, 0.15) is 58.3 Å². The van der Waals surface area contributed by atoms with E-state index in [1.807, 2.05) is 0 Å². The number of amides is 2. The summed E-state index contributed by atoms with van der Waals surface area (Å²) in [6.07, 6.45) is 8.20. The van der Waals surface area contributed by atoms with Gasteiger partial charge in [-0.3, -0.25) is 19.7 Å². The summed E-state index contributed by atoms with van der Waals surface area (Å²) >= 11 is 0. The summed E-state index contributed by atoms with van der Waals surface area (Å²) in [5.74, 6) is 0.623. The fourth-order valence-corrected chi connectivity index (χ4v) is 6.68. The molecule has 1 atom stereocenters. The van der Waals surface area contributed by atoms with Gasteiger partial charge in [-0.1, -0.05) is 6.07 Å². The molecule has 224 valence electrons. The number of carbonyl (C=O) groups excluding carboxylic acids is 2. The molecule has 40 heavy (non-hydrogen) atoms. The van der Waals surface area contributed by atoms with Gasteiger partial charge in [-0.25, -0.2) is 13.1 Å². The van der Waals surface area contributed by atoms with Crippen LogP contribution >= 0.6 is 0 Å². The lowest BCUT2D eigenvalue weighted by atomic mass is 9.84. The van der Waals surface area contributed by atoms with Crippen molar-refractivity contribution in [3.8, 4) is 0 Å². The average Bonchev–Trinajstić information content (AvgIpc) is 2.95. The molecule has 1 unspecified atom stereocenters. The number of benzene rings is 1. The van der Waals surface area contributed by atoms with Crippen molar-refractivity contribution in [1.82, 2.24) is 26.0 Å². The summed E-state index contributed by atoms with van der Waals surface area (Å²) in [4.78, 5) is 35.6. The molecular weight excluding hydrogens is 536 g/mol. The fourth-order valence-electron chi connectivity index (χ4n) is 5.40. The van der Waals surface area contributed by atoms with Gasteiger partial charge in [-0.15, -0.1) is 0 Å². The number of hydrogen-bond acceptors (Lipinski definition) is 8. The van der Waals surface area contributed by atoms with E-state index in [-0.39, 0.29) is 35.5 Å². The Balaban J connectivity index is 1.44. The van der Waals surface area contributed by atoms with Crippen LogP contribution in [0, 0.1) is 27.9 Å². The molecule has 0 saturated carbocycles. The molecule has 12 nitrogen and oxygen atoms in total. The van der Waals surface area contributed by atoms with Crippen LogP contribution in [-0.2, 0) is 19.6 Å². The maximum Gasteiger partial charge on any atom is 0.270 e. The van der Waals surface area contributed by atoms with Gasteiger partial charge in [0.15, 0.2) is 0 Å². The third-order valence-corrected chi connectivity index (χ3v) is 9.45. The van der Waals surface area contributed by atoms with E-state index in [1.54, 1.807) is 6.92 Å². The maximum atomic E-state index is 13.1. The highest BCUT2D eigenvalue weighted by Crippen LogP contribution is 2.27. The van der Waals surface area contributed by atoms with Crippen LogP contribution in [0.5, 0.6) is 0 Å². The number of nitro groups is 1. The summed E-state index contributed by atoms with van der Waals surface area (Å²) < 4.78 is 27.6. The highest BCUT2D eigenvalue weighted by Gasteiger charge is 2.24. The van der Waals surface area contributed by atoms with Crippen molar-refractivity contribution in [1.29, 1.82) is 0 Å². The van der Waals surface area contributed by atoms with E-state index >= 15 is 0 Å². The summed E-state index contributed by atoms with van der Waals surface area (Å²) in [6.45, 7) is 5.49. The molecule has 0 spiro atoms. The SMILES string of the molecule is CC(CNC(=O)CNC(=O)C(CCC1CCNCC1)CCC1CCNCC1)NS(=O)(=O)c1cccc([N+](=O)[O-])c1. The number of hydrogen-bond donors (Lipinski definition) is 5. The number of piperidine rings is 2. The van der Waals surface area contributed by atoms with Crippen LogP contribution < -0.4 is 26.0 Å². The minimum atomic E-state index is -4.02. The highest BCUT2D eigenvalue weighted by molar-refractivity contribution is 7.89. The summed E-state index contributed by atoms with van der Waals surface area (Å²) in [7, 11) is -4.02. The zero-order valence-electron chi connectivity index (χ0n) is 23.3.